The Morgan fingerprint density at radius 2 is 1.82 bits per heavy atom. The molecule has 0 aliphatic carbocycles. The maximum atomic E-state index is 13.8. The van der Waals surface area contributed by atoms with Crippen LogP contribution < -0.4 is 5.32 Å². The van der Waals surface area contributed by atoms with Gasteiger partial charge in [0.2, 0.25) is 0 Å². The van der Waals surface area contributed by atoms with Gasteiger partial charge in [0.25, 0.3) is 5.91 Å². The molecule has 0 saturated carbocycles. The summed E-state index contributed by atoms with van der Waals surface area (Å²) in [7, 11) is 0. The fourth-order valence-corrected chi connectivity index (χ4v) is 3.17. The minimum Gasteiger partial charge on any atom is -0.320 e. The van der Waals surface area contributed by atoms with E-state index in [2.05, 4.69) is 25.6 Å². The van der Waals surface area contributed by atoms with Gasteiger partial charge in [-0.05, 0) is 18.2 Å². The monoisotopic (exact) mass is 494 g/mol. The fourth-order valence-electron chi connectivity index (χ4n) is 2.94. The summed E-state index contributed by atoms with van der Waals surface area (Å²) in [6.07, 6.45) is -0.775. The highest BCUT2D eigenvalue weighted by molar-refractivity contribution is 6.32. The largest absolute Gasteiger partial charge is 0.434 e. The van der Waals surface area contributed by atoms with Gasteiger partial charge in [-0.25, -0.2) is 18.4 Å². The van der Waals surface area contributed by atoms with Gasteiger partial charge in [0.15, 0.2) is 23.1 Å². The van der Waals surface area contributed by atoms with Gasteiger partial charge in [0, 0.05) is 0 Å². The van der Waals surface area contributed by atoms with E-state index in [0.29, 0.717) is 12.3 Å². The molecular formula is C19H8ClF5N8O. The first kappa shape index (κ1) is 22.8. The predicted octanol–water partition coefficient (Wildman–Crippen LogP) is 3.92. The summed E-state index contributed by atoms with van der Waals surface area (Å²) in [4.78, 5) is 17.7. The van der Waals surface area contributed by atoms with E-state index in [-0.39, 0.29) is 21.8 Å². The second kappa shape index (κ2) is 8.52. The standard InChI is InChI=1S/C19H8ClF5N8O/c20-14-13(2-1-12(21)15(14)22)32-16(19(23,24)25)11(8-30-32)18(34)31-10-5-9(6-26)17(27-7-10)33-28-3-4-29-33/h1-5,7-8H,(H,31,34). The molecule has 1 N–H and O–H groups in total. The summed E-state index contributed by atoms with van der Waals surface area (Å²) in [5, 5.41) is 21.7. The summed E-state index contributed by atoms with van der Waals surface area (Å²) < 4.78 is 68.9. The quantitative estimate of drug-likeness (QED) is 0.340. The first-order valence-electron chi connectivity index (χ1n) is 8.99. The number of anilines is 1. The maximum absolute atomic E-state index is 13.8. The second-order valence-electron chi connectivity index (χ2n) is 6.49. The van der Waals surface area contributed by atoms with Crippen LogP contribution in [0.1, 0.15) is 21.6 Å². The first-order chi connectivity index (χ1) is 16.1. The molecule has 0 aliphatic rings. The first-order valence-corrected chi connectivity index (χ1v) is 9.37. The van der Waals surface area contributed by atoms with Gasteiger partial charge in [-0.3, -0.25) is 4.79 Å². The van der Waals surface area contributed by atoms with E-state index in [1.807, 2.05) is 6.07 Å². The molecule has 1 aromatic carbocycles. The van der Waals surface area contributed by atoms with Crippen molar-refractivity contribution in [2.75, 3.05) is 5.32 Å². The Kier molecular flexibility index (Phi) is 5.71. The van der Waals surface area contributed by atoms with E-state index in [1.54, 1.807) is 0 Å². The molecule has 0 fully saturated rings. The van der Waals surface area contributed by atoms with Crippen LogP contribution >= 0.6 is 11.6 Å². The zero-order valence-electron chi connectivity index (χ0n) is 16.3. The Morgan fingerprint density at radius 3 is 2.47 bits per heavy atom. The van der Waals surface area contributed by atoms with Gasteiger partial charge < -0.3 is 5.32 Å². The molecule has 4 aromatic rings. The van der Waals surface area contributed by atoms with Crippen molar-refractivity contribution in [3.63, 3.8) is 0 Å². The van der Waals surface area contributed by atoms with Crippen LogP contribution in [-0.4, -0.2) is 35.7 Å². The SMILES string of the molecule is N#Cc1cc(NC(=O)c2cnn(-c3ccc(F)c(F)c3Cl)c2C(F)(F)F)cnc1-n1nccn1. The number of benzene rings is 1. The van der Waals surface area contributed by atoms with E-state index in [9.17, 15) is 32.0 Å². The number of alkyl halides is 3. The van der Waals surface area contributed by atoms with Crippen molar-refractivity contribution in [1.29, 1.82) is 5.26 Å². The summed E-state index contributed by atoms with van der Waals surface area (Å²) in [5.41, 5.74) is -3.33. The van der Waals surface area contributed by atoms with Crippen molar-refractivity contribution in [3.8, 4) is 17.6 Å². The molecule has 172 valence electrons. The van der Waals surface area contributed by atoms with Crippen molar-refractivity contribution < 1.29 is 26.7 Å². The highest BCUT2D eigenvalue weighted by Gasteiger charge is 2.41. The van der Waals surface area contributed by atoms with Crippen LogP contribution in [0.4, 0.5) is 27.6 Å². The maximum Gasteiger partial charge on any atom is 0.434 e. The Balaban J connectivity index is 1.73. The van der Waals surface area contributed by atoms with Crippen LogP contribution in [0.25, 0.3) is 11.5 Å². The number of halogens is 6. The number of hydrogen-bond acceptors (Lipinski definition) is 6. The molecule has 0 aliphatic heterocycles. The van der Waals surface area contributed by atoms with E-state index < -0.39 is 45.7 Å². The molecule has 0 unspecified atom stereocenters. The van der Waals surface area contributed by atoms with Crippen LogP contribution in [0.2, 0.25) is 5.02 Å². The molecule has 15 heteroatoms. The number of hydrogen-bond donors (Lipinski definition) is 1. The van der Waals surface area contributed by atoms with Crippen LogP contribution in [-0.2, 0) is 6.18 Å². The van der Waals surface area contributed by atoms with Crippen molar-refractivity contribution in [2.24, 2.45) is 0 Å². The molecule has 3 heterocycles. The highest BCUT2D eigenvalue weighted by atomic mass is 35.5. The topological polar surface area (TPSA) is 114 Å². The van der Waals surface area contributed by atoms with Crippen molar-refractivity contribution in [1.82, 2.24) is 29.8 Å². The average Bonchev–Trinajstić information content (AvgIpc) is 3.47. The van der Waals surface area contributed by atoms with Crippen LogP contribution in [0.3, 0.4) is 0 Å². The zero-order chi connectivity index (χ0) is 24.6. The van der Waals surface area contributed by atoms with E-state index in [4.69, 9.17) is 11.6 Å². The minimum atomic E-state index is -5.14. The smallest absolute Gasteiger partial charge is 0.320 e. The second-order valence-corrected chi connectivity index (χ2v) is 6.87. The average molecular weight is 495 g/mol. The van der Waals surface area contributed by atoms with Crippen molar-refractivity contribution in [3.05, 3.63) is 76.5 Å². The normalized spacial score (nSPS) is 11.3. The molecule has 0 radical (unpaired) electrons. The van der Waals surface area contributed by atoms with Gasteiger partial charge in [-0.1, -0.05) is 11.6 Å². The predicted molar refractivity (Wildman–Crippen MR) is 105 cm³/mol. The van der Waals surface area contributed by atoms with Gasteiger partial charge in [0.05, 0.1) is 41.7 Å². The van der Waals surface area contributed by atoms with Gasteiger partial charge in [-0.15, -0.1) is 4.80 Å². The number of carbonyl (C=O) groups excluding carboxylic acids is 1. The highest BCUT2D eigenvalue weighted by Crippen LogP contribution is 2.36. The molecule has 9 nitrogen and oxygen atoms in total. The molecule has 0 saturated heterocycles. The molecule has 4 rings (SSSR count). The van der Waals surface area contributed by atoms with Gasteiger partial charge in [0.1, 0.15) is 16.7 Å². The zero-order valence-corrected chi connectivity index (χ0v) is 17.1. The Hall–Kier alpha value is -4.38. The molecule has 34 heavy (non-hydrogen) atoms. The third-order valence-corrected chi connectivity index (χ3v) is 4.74. The Bertz CT molecular complexity index is 1440. The number of nitrogens with zero attached hydrogens (tertiary/aromatic N) is 7. The van der Waals surface area contributed by atoms with Crippen LogP contribution in [0.5, 0.6) is 0 Å². The van der Waals surface area contributed by atoms with Gasteiger partial charge >= 0.3 is 6.18 Å². The summed E-state index contributed by atoms with van der Waals surface area (Å²) >= 11 is 5.67. The minimum absolute atomic E-state index is 0.0299. The lowest BCUT2D eigenvalue weighted by Gasteiger charge is -2.14. The number of aromatic nitrogens is 6. The fraction of sp³-hybridized carbons (Fsp3) is 0.0526. The number of carbonyl (C=O) groups is 1. The molecule has 0 bridgehead atoms. The van der Waals surface area contributed by atoms with E-state index in [1.165, 1.54) is 12.4 Å². The van der Waals surface area contributed by atoms with Crippen molar-refractivity contribution >= 4 is 23.2 Å². The summed E-state index contributed by atoms with van der Waals surface area (Å²) in [5.74, 6) is -4.17. The van der Waals surface area contributed by atoms with E-state index in [0.717, 1.165) is 23.1 Å². The molecule has 1 amide bonds. The van der Waals surface area contributed by atoms with Crippen molar-refractivity contribution in [2.45, 2.75) is 6.18 Å². The number of rotatable bonds is 4. The number of pyridine rings is 1. The third-order valence-electron chi connectivity index (χ3n) is 4.38. The lowest BCUT2D eigenvalue weighted by atomic mass is 10.2. The number of nitrogens with one attached hydrogen (secondary N) is 1. The third kappa shape index (κ3) is 4.04. The van der Waals surface area contributed by atoms with Crippen LogP contribution in [0, 0.1) is 23.0 Å². The lowest BCUT2D eigenvalue weighted by Crippen LogP contribution is -2.21. The Labute approximate surface area is 191 Å². The Morgan fingerprint density at radius 1 is 1.12 bits per heavy atom. The number of amides is 1. The number of nitriles is 1. The summed E-state index contributed by atoms with van der Waals surface area (Å²) in [6.45, 7) is 0. The van der Waals surface area contributed by atoms with E-state index >= 15 is 0 Å². The molecule has 3 aromatic heterocycles. The van der Waals surface area contributed by atoms with Crippen LogP contribution in [0.15, 0.2) is 43.0 Å². The molecule has 0 spiro atoms. The molecule has 0 atom stereocenters. The van der Waals surface area contributed by atoms with Gasteiger partial charge in [-0.2, -0.15) is 33.7 Å². The summed E-state index contributed by atoms with van der Waals surface area (Å²) in [6, 6.07) is 4.34. The molecular weight excluding hydrogens is 487 g/mol. The lowest BCUT2D eigenvalue weighted by molar-refractivity contribution is -0.143.